The van der Waals surface area contributed by atoms with Gasteiger partial charge in [0.1, 0.15) is 5.56 Å². The van der Waals surface area contributed by atoms with Gasteiger partial charge < -0.3 is 15.0 Å². The highest BCUT2D eigenvalue weighted by molar-refractivity contribution is 6.30. The second-order valence-electron chi connectivity index (χ2n) is 7.64. The summed E-state index contributed by atoms with van der Waals surface area (Å²) < 4.78 is 0. The molecule has 2 aliphatic heterocycles. The van der Waals surface area contributed by atoms with Crippen molar-refractivity contribution in [3.05, 3.63) is 33.2 Å². The van der Waals surface area contributed by atoms with Crippen molar-refractivity contribution < 1.29 is 9.90 Å². The molecular weight excluding hydrogens is 342 g/mol. The van der Waals surface area contributed by atoms with Crippen LogP contribution in [-0.4, -0.2) is 64.1 Å². The fourth-order valence-corrected chi connectivity index (χ4v) is 4.99. The van der Waals surface area contributed by atoms with Crippen molar-refractivity contribution in [3.8, 4) is 0 Å². The van der Waals surface area contributed by atoms with E-state index in [2.05, 4.69) is 9.88 Å². The topological polar surface area (TPSA) is 76.6 Å². The van der Waals surface area contributed by atoms with Gasteiger partial charge in [0, 0.05) is 25.3 Å². The number of rotatable bonds is 2. The summed E-state index contributed by atoms with van der Waals surface area (Å²) in [5, 5.41) is 10.9. The van der Waals surface area contributed by atoms with E-state index in [4.69, 9.17) is 11.6 Å². The van der Waals surface area contributed by atoms with Crippen LogP contribution in [0.15, 0.2) is 17.1 Å². The van der Waals surface area contributed by atoms with Gasteiger partial charge in [-0.2, -0.15) is 0 Å². The number of carbonyl (C=O) groups excluding carboxylic acids is 1. The summed E-state index contributed by atoms with van der Waals surface area (Å²) in [5.74, 6) is 0.456. The van der Waals surface area contributed by atoms with Gasteiger partial charge in [0.2, 0.25) is 0 Å². The number of aliphatic hydroxyl groups is 1. The molecule has 1 aromatic rings. The van der Waals surface area contributed by atoms with Crippen molar-refractivity contribution in [2.45, 2.75) is 37.8 Å². The van der Waals surface area contributed by atoms with Crippen LogP contribution in [0.3, 0.4) is 0 Å². The third kappa shape index (κ3) is 3.23. The highest BCUT2D eigenvalue weighted by Gasteiger charge is 2.45. The minimum absolute atomic E-state index is 0.0998. The van der Waals surface area contributed by atoms with Crippen molar-refractivity contribution in [3.63, 3.8) is 0 Å². The molecule has 1 aliphatic carbocycles. The highest BCUT2D eigenvalue weighted by Crippen LogP contribution is 2.39. The maximum Gasteiger partial charge on any atom is 0.260 e. The molecule has 6 nitrogen and oxygen atoms in total. The molecule has 2 N–H and O–H groups in total. The van der Waals surface area contributed by atoms with E-state index in [0.29, 0.717) is 29.9 Å². The van der Waals surface area contributed by atoms with E-state index in [1.165, 1.54) is 25.1 Å². The van der Waals surface area contributed by atoms with Gasteiger partial charge in [-0.1, -0.05) is 11.6 Å². The number of H-pyrrole nitrogens is 1. The Morgan fingerprint density at radius 1 is 1.20 bits per heavy atom. The molecular formula is C18H24ClN3O3. The van der Waals surface area contributed by atoms with Gasteiger partial charge in [-0.25, -0.2) is 0 Å². The minimum atomic E-state index is -0.403. The van der Waals surface area contributed by atoms with Crippen molar-refractivity contribution in [1.82, 2.24) is 14.8 Å². The Kier molecular flexibility index (Phi) is 4.60. The number of nitrogens with zero attached hydrogens (tertiary/aromatic N) is 2. The van der Waals surface area contributed by atoms with Crippen LogP contribution in [0.1, 0.15) is 36.0 Å². The maximum absolute atomic E-state index is 12.8. The number of halogens is 1. The van der Waals surface area contributed by atoms with E-state index < -0.39 is 5.56 Å². The first kappa shape index (κ1) is 17.1. The van der Waals surface area contributed by atoms with Gasteiger partial charge in [-0.3, -0.25) is 14.5 Å². The lowest BCUT2D eigenvalue weighted by Crippen LogP contribution is -2.48. The lowest BCUT2D eigenvalue weighted by Gasteiger charge is -2.40. The van der Waals surface area contributed by atoms with Crippen LogP contribution < -0.4 is 5.56 Å². The molecule has 1 aromatic heterocycles. The average molecular weight is 366 g/mol. The number of pyridine rings is 1. The Hall–Kier alpha value is -1.37. The number of likely N-dealkylation sites (tertiary alicyclic amines) is 2. The summed E-state index contributed by atoms with van der Waals surface area (Å²) in [6.45, 7) is 3.41. The van der Waals surface area contributed by atoms with Crippen LogP contribution in [-0.2, 0) is 0 Å². The number of aromatic nitrogens is 1. The number of amides is 1. The third-order valence-corrected chi connectivity index (χ3v) is 6.32. The summed E-state index contributed by atoms with van der Waals surface area (Å²) in [6, 6.07) is 1.65. The first-order valence-corrected chi connectivity index (χ1v) is 9.50. The Morgan fingerprint density at radius 2 is 1.88 bits per heavy atom. The number of hydrogen-bond acceptors (Lipinski definition) is 4. The Balaban J connectivity index is 1.48. The maximum atomic E-state index is 12.8. The highest BCUT2D eigenvalue weighted by atomic mass is 35.5. The number of nitrogens with one attached hydrogen (secondary N) is 1. The van der Waals surface area contributed by atoms with E-state index in [0.717, 1.165) is 25.9 Å². The van der Waals surface area contributed by atoms with Crippen molar-refractivity contribution in [1.29, 1.82) is 0 Å². The number of fused-ring (bicyclic) bond motifs is 1. The molecule has 0 spiro atoms. The quantitative estimate of drug-likeness (QED) is 0.829. The summed E-state index contributed by atoms with van der Waals surface area (Å²) in [7, 11) is 0. The predicted octanol–water partition coefficient (Wildman–Crippen LogP) is 1.34. The molecule has 0 aromatic carbocycles. The molecule has 25 heavy (non-hydrogen) atoms. The summed E-state index contributed by atoms with van der Waals surface area (Å²) >= 11 is 5.92. The molecule has 4 rings (SSSR count). The summed E-state index contributed by atoms with van der Waals surface area (Å²) in [5.41, 5.74) is -0.304. The molecule has 3 fully saturated rings. The monoisotopic (exact) mass is 365 g/mol. The molecule has 0 bridgehead atoms. The van der Waals surface area contributed by atoms with Crippen LogP contribution in [0, 0.1) is 11.8 Å². The molecule has 3 heterocycles. The van der Waals surface area contributed by atoms with Crippen molar-refractivity contribution >= 4 is 17.5 Å². The van der Waals surface area contributed by atoms with Gasteiger partial charge >= 0.3 is 0 Å². The van der Waals surface area contributed by atoms with Crippen LogP contribution in [0.5, 0.6) is 0 Å². The minimum Gasteiger partial charge on any atom is -0.391 e. The van der Waals surface area contributed by atoms with Crippen LogP contribution in [0.4, 0.5) is 0 Å². The lowest BCUT2D eigenvalue weighted by atomic mass is 9.77. The Labute approximate surface area is 151 Å². The predicted molar refractivity (Wildman–Crippen MR) is 94.8 cm³/mol. The number of carbonyl (C=O) groups is 1. The first-order valence-electron chi connectivity index (χ1n) is 9.12. The summed E-state index contributed by atoms with van der Waals surface area (Å²) in [6.07, 6.45) is 5.16. The number of hydrogen-bond donors (Lipinski definition) is 2. The molecule has 1 amide bonds. The first-order chi connectivity index (χ1) is 12.0. The fourth-order valence-electron chi connectivity index (χ4n) is 4.83. The van der Waals surface area contributed by atoms with E-state index in [-0.39, 0.29) is 23.6 Å². The Morgan fingerprint density at radius 3 is 2.60 bits per heavy atom. The van der Waals surface area contributed by atoms with Crippen molar-refractivity contribution in [2.75, 3.05) is 26.2 Å². The summed E-state index contributed by atoms with van der Waals surface area (Å²) in [4.78, 5) is 31.4. The van der Waals surface area contributed by atoms with Gasteiger partial charge in [0.15, 0.2) is 0 Å². The van der Waals surface area contributed by atoms with Gasteiger partial charge in [0.05, 0.1) is 11.1 Å². The van der Waals surface area contributed by atoms with Crippen LogP contribution in [0.25, 0.3) is 0 Å². The van der Waals surface area contributed by atoms with Crippen LogP contribution in [0.2, 0.25) is 5.02 Å². The SMILES string of the molecule is O=C(c1cc(Cl)c[nH]c1=O)N1C[C@H]2C[C@@H](N3CCCC3)[C@H](O)C[C@H]2C1. The number of aliphatic hydroxyl groups excluding tert-OH is 1. The second kappa shape index (κ2) is 6.74. The van der Waals surface area contributed by atoms with E-state index in [1.807, 2.05) is 0 Å². The van der Waals surface area contributed by atoms with Gasteiger partial charge in [-0.15, -0.1) is 0 Å². The zero-order valence-electron chi connectivity index (χ0n) is 14.2. The smallest absolute Gasteiger partial charge is 0.260 e. The zero-order valence-corrected chi connectivity index (χ0v) is 14.9. The van der Waals surface area contributed by atoms with Gasteiger partial charge in [-0.05, 0) is 56.7 Å². The molecule has 2 saturated heterocycles. The van der Waals surface area contributed by atoms with E-state index in [9.17, 15) is 14.7 Å². The van der Waals surface area contributed by atoms with E-state index >= 15 is 0 Å². The largest absolute Gasteiger partial charge is 0.391 e. The third-order valence-electron chi connectivity index (χ3n) is 6.10. The van der Waals surface area contributed by atoms with Gasteiger partial charge in [0.25, 0.3) is 11.5 Å². The Bertz CT molecular complexity index is 716. The lowest BCUT2D eigenvalue weighted by molar-refractivity contribution is -0.000864. The standard InChI is InChI=1S/C18H24ClN3O3/c19-13-7-14(17(24)20-8-13)18(25)22-9-11-5-15(21-3-1-2-4-21)16(23)6-12(11)10-22/h7-8,11-12,15-16,23H,1-6,9-10H2,(H,20,24)/t11-,12+,15-,16-/m1/s1. The molecule has 136 valence electrons. The molecule has 0 unspecified atom stereocenters. The molecule has 4 atom stereocenters. The van der Waals surface area contributed by atoms with Crippen LogP contribution >= 0.6 is 11.6 Å². The molecule has 0 radical (unpaired) electrons. The molecule has 7 heteroatoms. The normalized spacial score (nSPS) is 32.8. The molecule has 3 aliphatic rings. The molecule has 1 saturated carbocycles. The fraction of sp³-hybridized carbons (Fsp3) is 0.667. The zero-order chi connectivity index (χ0) is 17.6. The van der Waals surface area contributed by atoms with Crippen molar-refractivity contribution in [2.24, 2.45) is 11.8 Å². The second-order valence-corrected chi connectivity index (χ2v) is 8.08. The average Bonchev–Trinajstić information content (AvgIpc) is 3.24. The van der Waals surface area contributed by atoms with E-state index in [1.54, 1.807) is 4.90 Å². The number of aromatic amines is 1.